The SMILES string of the molecule is COc1ccccc1-c1ccc(=O)n(CC(=O)NCc2ccc(F)cc2)n1. The van der Waals surface area contributed by atoms with E-state index in [1.807, 2.05) is 18.2 Å². The average molecular weight is 367 g/mol. The lowest BCUT2D eigenvalue weighted by molar-refractivity contribution is -0.122. The van der Waals surface area contributed by atoms with E-state index in [2.05, 4.69) is 10.4 Å². The normalized spacial score (nSPS) is 10.4. The summed E-state index contributed by atoms with van der Waals surface area (Å²) in [6, 6.07) is 16.1. The number of nitrogens with one attached hydrogen (secondary N) is 1. The van der Waals surface area contributed by atoms with Gasteiger partial charge in [0.15, 0.2) is 0 Å². The van der Waals surface area contributed by atoms with Gasteiger partial charge >= 0.3 is 0 Å². The van der Waals surface area contributed by atoms with Gasteiger partial charge in [0.2, 0.25) is 5.91 Å². The Morgan fingerprint density at radius 3 is 2.59 bits per heavy atom. The molecule has 1 amide bonds. The maximum absolute atomic E-state index is 12.9. The molecule has 1 aromatic heterocycles. The van der Waals surface area contributed by atoms with Crippen LogP contribution in [0, 0.1) is 5.82 Å². The topological polar surface area (TPSA) is 73.2 Å². The third-order valence-electron chi connectivity index (χ3n) is 3.95. The molecule has 3 aromatic rings. The summed E-state index contributed by atoms with van der Waals surface area (Å²) < 4.78 is 19.3. The van der Waals surface area contributed by atoms with Crippen molar-refractivity contribution in [3.05, 3.63) is 82.4 Å². The Balaban J connectivity index is 1.73. The molecule has 1 N–H and O–H groups in total. The summed E-state index contributed by atoms with van der Waals surface area (Å²) in [5.74, 6) is -0.0870. The summed E-state index contributed by atoms with van der Waals surface area (Å²) in [6.07, 6.45) is 0. The van der Waals surface area contributed by atoms with Crippen LogP contribution in [0.5, 0.6) is 5.75 Å². The van der Waals surface area contributed by atoms with Gasteiger partial charge in [0.1, 0.15) is 18.1 Å². The Morgan fingerprint density at radius 2 is 1.85 bits per heavy atom. The molecule has 0 fully saturated rings. The van der Waals surface area contributed by atoms with Gasteiger partial charge < -0.3 is 10.1 Å². The highest BCUT2D eigenvalue weighted by molar-refractivity contribution is 5.75. The van der Waals surface area contributed by atoms with E-state index in [-0.39, 0.29) is 30.4 Å². The maximum Gasteiger partial charge on any atom is 0.267 e. The molecule has 0 spiro atoms. The largest absolute Gasteiger partial charge is 0.496 e. The zero-order chi connectivity index (χ0) is 19.2. The van der Waals surface area contributed by atoms with E-state index in [0.717, 1.165) is 15.8 Å². The lowest BCUT2D eigenvalue weighted by Crippen LogP contribution is -2.33. The van der Waals surface area contributed by atoms with E-state index in [9.17, 15) is 14.0 Å². The first-order valence-electron chi connectivity index (χ1n) is 8.29. The summed E-state index contributed by atoms with van der Waals surface area (Å²) in [6.45, 7) is 0.0169. The molecule has 0 saturated heterocycles. The number of carbonyl (C=O) groups is 1. The van der Waals surface area contributed by atoms with E-state index in [4.69, 9.17) is 4.74 Å². The first-order valence-corrected chi connectivity index (χ1v) is 8.29. The monoisotopic (exact) mass is 367 g/mol. The van der Waals surface area contributed by atoms with Crippen LogP contribution in [0.3, 0.4) is 0 Å². The predicted molar refractivity (Wildman–Crippen MR) is 98.7 cm³/mol. The number of para-hydroxylation sites is 1. The Hall–Kier alpha value is -3.48. The molecule has 0 radical (unpaired) electrons. The lowest BCUT2D eigenvalue weighted by Gasteiger charge is -2.10. The molecule has 0 aliphatic carbocycles. The van der Waals surface area contributed by atoms with Crippen molar-refractivity contribution < 1.29 is 13.9 Å². The quantitative estimate of drug-likeness (QED) is 0.726. The van der Waals surface area contributed by atoms with Crippen molar-refractivity contribution in [2.45, 2.75) is 13.1 Å². The van der Waals surface area contributed by atoms with Gasteiger partial charge in [0.25, 0.3) is 5.56 Å². The van der Waals surface area contributed by atoms with Gasteiger partial charge in [-0.1, -0.05) is 24.3 Å². The van der Waals surface area contributed by atoms with Gasteiger partial charge in [-0.3, -0.25) is 9.59 Å². The fourth-order valence-electron chi connectivity index (χ4n) is 2.56. The molecule has 0 saturated carbocycles. The van der Waals surface area contributed by atoms with Crippen LogP contribution in [0.1, 0.15) is 5.56 Å². The summed E-state index contributed by atoms with van der Waals surface area (Å²) in [5, 5.41) is 6.96. The fourth-order valence-corrected chi connectivity index (χ4v) is 2.56. The molecule has 7 heteroatoms. The van der Waals surface area contributed by atoms with Crippen LogP contribution in [0.25, 0.3) is 11.3 Å². The molecule has 2 aromatic carbocycles. The second-order valence-corrected chi connectivity index (χ2v) is 5.82. The fraction of sp³-hybridized carbons (Fsp3) is 0.150. The predicted octanol–water partition coefficient (Wildman–Crippen LogP) is 2.37. The number of rotatable bonds is 6. The number of hydrogen-bond acceptors (Lipinski definition) is 4. The van der Waals surface area contributed by atoms with Crippen molar-refractivity contribution in [3.8, 4) is 17.0 Å². The number of halogens is 1. The summed E-state index contributed by atoms with van der Waals surface area (Å²) in [7, 11) is 1.55. The number of ether oxygens (including phenoxy) is 1. The number of nitrogens with zero attached hydrogens (tertiary/aromatic N) is 2. The van der Waals surface area contributed by atoms with Crippen molar-refractivity contribution in [2.24, 2.45) is 0 Å². The highest BCUT2D eigenvalue weighted by atomic mass is 19.1. The molecule has 138 valence electrons. The molecule has 0 unspecified atom stereocenters. The van der Waals surface area contributed by atoms with Crippen LogP contribution in [0.15, 0.2) is 65.5 Å². The number of methoxy groups -OCH3 is 1. The first-order chi connectivity index (χ1) is 13.1. The highest BCUT2D eigenvalue weighted by Crippen LogP contribution is 2.27. The van der Waals surface area contributed by atoms with Crippen molar-refractivity contribution >= 4 is 5.91 Å². The van der Waals surface area contributed by atoms with Crippen molar-refractivity contribution in [3.63, 3.8) is 0 Å². The number of benzene rings is 2. The summed E-state index contributed by atoms with van der Waals surface area (Å²) >= 11 is 0. The zero-order valence-electron chi connectivity index (χ0n) is 14.7. The second-order valence-electron chi connectivity index (χ2n) is 5.82. The number of aromatic nitrogens is 2. The summed E-state index contributed by atoms with van der Waals surface area (Å²) in [5.41, 5.74) is 1.62. The van der Waals surface area contributed by atoms with Crippen molar-refractivity contribution in [1.29, 1.82) is 0 Å². The van der Waals surface area contributed by atoms with E-state index < -0.39 is 0 Å². The number of carbonyl (C=O) groups excluding carboxylic acids is 1. The Labute approximate surface area is 155 Å². The molecular weight excluding hydrogens is 349 g/mol. The van der Waals surface area contributed by atoms with Crippen LogP contribution < -0.4 is 15.6 Å². The summed E-state index contributed by atoms with van der Waals surface area (Å²) in [4.78, 5) is 24.2. The van der Waals surface area contributed by atoms with Gasteiger partial charge in [0.05, 0.1) is 12.8 Å². The molecule has 1 heterocycles. The third-order valence-corrected chi connectivity index (χ3v) is 3.95. The van der Waals surface area contributed by atoms with Gasteiger partial charge in [-0.2, -0.15) is 5.10 Å². The van der Waals surface area contributed by atoms with Gasteiger partial charge in [0, 0.05) is 18.2 Å². The van der Waals surface area contributed by atoms with E-state index in [1.54, 1.807) is 31.4 Å². The third kappa shape index (κ3) is 4.58. The minimum atomic E-state index is -0.384. The van der Waals surface area contributed by atoms with Crippen LogP contribution in [-0.2, 0) is 17.9 Å². The molecule has 27 heavy (non-hydrogen) atoms. The first kappa shape index (κ1) is 18.3. The molecule has 3 rings (SSSR count). The van der Waals surface area contributed by atoms with Crippen molar-refractivity contribution in [1.82, 2.24) is 15.1 Å². The lowest BCUT2D eigenvalue weighted by atomic mass is 10.1. The van der Waals surface area contributed by atoms with Crippen LogP contribution in [0.4, 0.5) is 4.39 Å². The number of amides is 1. The second kappa shape index (κ2) is 8.27. The minimum Gasteiger partial charge on any atom is -0.496 e. The Kier molecular flexibility index (Phi) is 5.61. The molecular formula is C20H18FN3O3. The van der Waals surface area contributed by atoms with Crippen LogP contribution in [-0.4, -0.2) is 22.8 Å². The molecule has 0 atom stereocenters. The van der Waals surface area contributed by atoms with Gasteiger partial charge in [-0.15, -0.1) is 0 Å². The smallest absolute Gasteiger partial charge is 0.267 e. The van der Waals surface area contributed by atoms with Crippen LogP contribution in [0.2, 0.25) is 0 Å². The van der Waals surface area contributed by atoms with Gasteiger partial charge in [-0.25, -0.2) is 9.07 Å². The zero-order valence-corrected chi connectivity index (χ0v) is 14.7. The molecule has 0 aliphatic heterocycles. The molecule has 0 aliphatic rings. The van der Waals surface area contributed by atoms with Crippen molar-refractivity contribution in [2.75, 3.05) is 7.11 Å². The maximum atomic E-state index is 12.9. The Bertz CT molecular complexity index is 1000. The average Bonchev–Trinajstić information content (AvgIpc) is 2.69. The van der Waals surface area contributed by atoms with Gasteiger partial charge in [-0.05, 0) is 35.9 Å². The van der Waals surface area contributed by atoms with E-state index >= 15 is 0 Å². The number of hydrogen-bond donors (Lipinski definition) is 1. The highest BCUT2D eigenvalue weighted by Gasteiger charge is 2.11. The molecule has 6 nitrogen and oxygen atoms in total. The standard InChI is InChI=1S/C20H18FN3O3/c1-27-18-5-3-2-4-16(18)17-10-11-20(26)24(23-17)13-19(25)22-12-14-6-8-15(21)9-7-14/h2-11H,12-13H2,1H3,(H,22,25). The van der Waals surface area contributed by atoms with Crippen LogP contribution >= 0.6 is 0 Å². The molecule has 0 bridgehead atoms. The van der Waals surface area contributed by atoms with E-state index in [1.165, 1.54) is 18.2 Å². The van der Waals surface area contributed by atoms with E-state index in [0.29, 0.717) is 11.4 Å². The minimum absolute atomic E-state index is 0.219. The Morgan fingerprint density at radius 1 is 1.11 bits per heavy atom.